The van der Waals surface area contributed by atoms with Crippen molar-refractivity contribution >= 4 is 56.5 Å². The molecule has 2 aromatic rings. The van der Waals surface area contributed by atoms with Crippen LogP contribution in [0.2, 0.25) is 10.0 Å². The SMILES string of the molecule is C[C@@H](OC(=O)c1sc2cc(Cl)ccc2c1Cl)C(=O)N(C)C. The van der Waals surface area contributed by atoms with Crippen molar-refractivity contribution in [3.05, 3.63) is 33.1 Å². The number of halogens is 2. The van der Waals surface area contributed by atoms with Crippen LogP contribution in [0.25, 0.3) is 10.1 Å². The quantitative estimate of drug-likeness (QED) is 0.794. The van der Waals surface area contributed by atoms with Gasteiger partial charge < -0.3 is 9.64 Å². The van der Waals surface area contributed by atoms with Crippen molar-refractivity contribution in [3.8, 4) is 0 Å². The lowest BCUT2D eigenvalue weighted by Crippen LogP contribution is -2.34. The van der Waals surface area contributed by atoms with Gasteiger partial charge in [0.1, 0.15) is 4.88 Å². The number of carbonyl (C=O) groups excluding carboxylic acids is 2. The Hall–Kier alpha value is -1.30. The molecule has 0 saturated carbocycles. The van der Waals surface area contributed by atoms with Gasteiger partial charge in [0.25, 0.3) is 5.91 Å². The van der Waals surface area contributed by atoms with Crippen LogP contribution in [-0.2, 0) is 9.53 Å². The molecular formula is C14H13Cl2NO3S. The molecule has 0 N–H and O–H groups in total. The first-order valence-corrected chi connectivity index (χ1v) is 7.68. The average Bonchev–Trinajstić information content (AvgIpc) is 2.74. The molecular weight excluding hydrogens is 333 g/mol. The smallest absolute Gasteiger partial charge is 0.350 e. The largest absolute Gasteiger partial charge is 0.448 e. The number of hydrogen-bond acceptors (Lipinski definition) is 4. The van der Waals surface area contributed by atoms with E-state index in [2.05, 4.69) is 0 Å². The fraction of sp³-hybridized carbons (Fsp3) is 0.286. The van der Waals surface area contributed by atoms with E-state index < -0.39 is 12.1 Å². The van der Waals surface area contributed by atoms with Gasteiger partial charge in [-0.05, 0) is 19.1 Å². The summed E-state index contributed by atoms with van der Waals surface area (Å²) in [5.41, 5.74) is 0. The molecule has 1 atom stereocenters. The second-order valence-corrected chi connectivity index (χ2v) is 6.53. The summed E-state index contributed by atoms with van der Waals surface area (Å²) in [5, 5.41) is 1.63. The van der Waals surface area contributed by atoms with E-state index in [9.17, 15) is 9.59 Å². The van der Waals surface area contributed by atoms with Gasteiger partial charge in [-0.15, -0.1) is 11.3 Å². The topological polar surface area (TPSA) is 46.6 Å². The van der Waals surface area contributed by atoms with E-state index in [1.54, 1.807) is 32.3 Å². The number of ether oxygens (including phenoxy) is 1. The summed E-state index contributed by atoms with van der Waals surface area (Å²) in [6, 6.07) is 5.19. The van der Waals surface area contributed by atoms with E-state index in [4.69, 9.17) is 27.9 Å². The van der Waals surface area contributed by atoms with Gasteiger partial charge in [0.2, 0.25) is 0 Å². The lowest BCUT2D eigenvalue weighted by molar-refractivity contribution is -0.137. The van der Waals surface area contributed by atoms with Gasteiger partial charge in [0.15, 0.2) is 6.10 Å². The predicted molar refractivity (Wildman–Crippen MR) is 85.4 cm³/mol. The Bertz CT molecular complexity index is 712. The standard InChI is InChI=1S/C14H13Cl2NO3S/c1-7(13(18)17(2)3)20-14(19)12-11(16)9-5-4-8(15)6-10(9)21-12/h4-7H,1-3H3/t7-/m1/s1. The average molecular weight is 346 g/mol. The molecule has 0 aliphatic carbocycles. The number of amides is 1. The van der Waals surface area contributed by atoms with E-state index in [-0.39, 0.29) is 10.8 Å². The van der Waals surface area contributed by atoms with Crippen LogP contribution < -0.4 is 0 Å². The van der Waals surface area contributed by atoms with Crippen molar-refractivity contribution in [2.24, 2.45) is 0 Å². The van der Waals surface area contributed by atoms with E-state index >= 15 is 0 Å². The summed E-state index contributed by atoms with van der Waals surface area (Å²) in [5.74, 6) is -0.899. The molecule has 2 rings (SSSR count). The molecule has 0 saturated heterocycles. The fourth-order valence-corrected chi connectivity index (χ4v) is 3.47. The Balaban J connectivity index is 2.28. The fourth-order valence-electron chi connectivity index (χ4n) is 1.80. The van der Waals surface area contributed by atoms with E-state index in [1.807, 2.05) is 0 Å². The molecule has 0 radical (unpaired) electrons. The van der Waals surface area contributed by atoms with Gasteiger partial charge in [-0.3, -0.25) is 4.79 Å². The van der Waals surface area contributed by atoms with Crippen LogP contribution in [0.15, 0.2) is 18.2 Å². The summed E-state index contributed by atoms with van der Waals surface area (Å²) < 4.78 is 5.96. The highest BCUT2D eigenvalue weighted by atomic mass is 35.5. The van der Waals surface area contributed by atoms with Crippen molar-refractivity contribution in [2.45, 2.75) is 13.0 Å². The van der Waals surface area contributed by atoms with Gasteiger partial charge in [0.05, 0.1) is 5.02 Å². The third-order valence-electron chi connectivity index (χ3n) is 2.85. The zero-order valence-corrected chi connectivity index (χ0v) is 14.0. The zero-order valence-electron chi connectivity index (χ0n) is 11.6. The minimum absolute atomic E-state index is 0.271. The summed E-state index contributed by atoms with van der Waals surface area (Å²) in [6.45, 7) is 1.53. The highest BCUT2D eigenvalue weighted by Gasteiger charge is 2.24. The van der Waals surface area contributed by atoms with Crippen molar-refractivity contribution in [3.63, 3.8) is 0 Å². The molecule has 0 aliphatic heterocycles. The van der Waals surface area contributed by atoms with Gasteiger partial charge >= 0.3 is 5.97 Å². The van der Waals surface area contributed by atoms with Crippen molar-refractivity contribution in [1.29, 1.82) is 0 Å². The molecule has 0 bridgehead atoms. The molecule has 0 aliphatic rings. The molecule has 7 heteroatoms. The molecule has 4 nitrogen and oxygen atoms in total. The van der Waals surface area contributed by atoms with Gasteiger partial charge in [-0.2, -0.15) is 0 Å². The molecule has 21 heavy (non-hydrogen) atoms. The number of benzene rings is 1. The first kappa shape index (κ1) is 16.1. The van der Waals surface area contributed by atoms with Crippen LogP contribution >= 0.6 is 34.5 Å². The molecule has 112 valence electrons. The molecule has 1 aromatic carbocycles. The first-order valence-electron chi connectivity index (χ1n) is 6.11. The van der Waals surface area contributed by atoms with Crippen LogP contribution in [0.3, 0.4) is 0 Å². The number of rotatable bonds is 3. The summed E-state index contributed by atoms with van der Waals surface area (Å²) in [4.78, 5) is 25.5. The maximum atomic E-state index is 12.2. The molecule has 1 heterocycles. The van der Waals surface area contributed by atoms with Gasteiger partial charge in [0, 0.05) is 29.2 Å². The van der Waals surface area contributed by atoms with Crippen LogP contribution in [-0.4, -0.2) is 37.0 Å². The third kappa shape index (κ3) is 3.31. The molecule has 0 unspecified atom stereocenters. The number of likely N-dealkylation sites (N-methyl/N-ethyl adjacent to an activating group) is 1. The number of fused-ring (bicyclic) bond motifs is 1. The van der Waals surface area contributed by atoms with Crippen LogP contribution in [0.5, 0.6) is 0 Å². The maximum absolute atomic E-state index is 12.2. The normalized spacial score (nSPS) is 12.2. The molecule has 1 aromatic heterocycles. The highest BCUT2D eigenvalue weighted by molar-refractivity contribution is 7.21. The van der Waals surface area contributed by atoms with E-state index in [1.165, 1.54) is 23.2 Å². The maximum Gasteiger partial charge on any atom is 0.350 e. The number of carbonyl (C=O) groups is 2. The monoisotopic (exact) mass is 345 g/mol. The van der Waals surface area contributed by atoms with E-state index in [0.717, 1.165) is 10.1 Å². The van der Waals surface area contributed by atoms with E-state index in [0.29, 0.717) is 10.0 Å². The second-order valence-electron chi connectivity index (χ2n) is 4.67. The number of thiophene rings is 1. The third-order valence-corrected chi connectivity index (χ3v) is 4.72. The first-order chi connectivity index (χ1) is 9.81. The summed E-state index contributed by atoms with van der Waals surface area (Å²) >= 11 is 13.3. The minimum atomic E-state index is -0.864. The highest BCUT2D eigenvalue weighted by Crippen LogP contribution is 2.37. The Kier molecular flexibility index (Phi) is 4.76. The summed E-state index contributed by atoms with van der Waals surface area (Å²) in [6.07, 6.45) is -0.864. The van der Waals surface area contributed by atoms with Crippen molar-refractivity contribution in [1.82, 2.24) is 4.90 Å². The van der Waals surface area contributed by atoms with Crippen LogP contribution in [0.1, 0.15) is 16.6 Å². The predicted octanol–water partition coefficient (Wildman–Crippen LogP) is 3.84. The minimum Gasteiger partial charge on any atom is -0.448 e. The molecule has 0 spiro atoms. The van der Waals surface area contributed by atoms with Gasteiger partial charge in [-0.25, -0.2) is 4.79 Å². The van der Waals surface area contributed by atoms with Crippen molar-refractivity contribution < 1.29 is 14.3 Å². The van der Waals surface area contributed by atoms with Crippen LogP contribution in [0, 0.1) is 0 Å². The number of nitrogens with zero attached hydrogens (tertiary/aromatic N) is 1. The Morgan fingerprint density at radius 3 is 2.57 bits per heavy atom. The Morgan fingerprint density at radius 2 is 1.95 bits per heavy atom. The summed E-state index contributed by atoms with van der Waals surface area (Å²) in [7, 11) is 3.20. The lowest BCUT2D eigenvalue weighted by atomic mass is 10.2. The Labute approximate surface area is 136 Å². The number of esters is 1. The zero-order chi connectivity index (χ0) is 15.7. The lowest BCUT2D eigenvalue weighted by Gasteiger charge is -2.16. The number of hydrogen-bond donors (Lipinski definition) is 0. The van der Waals surface area contributed by atoms with Crippen LogP contribution in [0.4, 0.5) is 0 Å². The molecule has 1 amide bonds. The Morgan fingerprint density at radius 1 is 1.29 bits per heavy atom. The molecule has 0 fully saturated rings. The second kappa shape index (κ2) is 6.22. The van der Waals surface area contributed by atoms with Gasteiger partial charge in [-0.1, -0.05) is 29.3 Å². The van der Waals surface area contributed by atoms with Crippen molar-refractivity contribution in [2.75, 3.05) is 14.1 Å².